The van der Waals surface area contributed by atoms with E-state index in [-0.39, 0.29) is 54.9 Å². The van der Waals surface area contributed by atoms with E-state index in [0.717, 1.165) is 0 Å². The van der Waals surface area contributed by atoms with Crippen molar-refractivity contribution in [2.75, 3.05) is 43.8 Å². The highest BCUT2D eigenvalue weighted by Crippen LogP contribution is 1.88. The van der Waals surface area contributed by atoms with Crippen molar-refractivity contribution in [2.45, 2.75) is 6.42 Å². The number of nitrogens with two attached hydrogens (primary N) is 1. The molecule has 176 valence electrons. The van der Waals surface area contributed by atoms with E-state index in [4.69, 9.17) is 44.6 Å². The van der Waals surface area contributed by atoms with E-state index in [9.17, 15) is 14.4 Å². The zero-order valence-corrected chi connectivity index (χ0v) is 18.6. The Bertz CT molecular complexity index is 414. The van der Waals surface area contributed by atoms with Gasteiger partial charge in [0.2, 0.25) is 0 Å². The van der Waals surface area contributed by atoms with Crippen LogP contribution in [0.25, 0.3) is 0 Å². The predicted molar refractivity (Wildman–Crippen MR) is 117 cm³/mol. The highest BCUT2D eigenvalue weighted by molar-refractivity contribution is 7.81. The number of Topliss-reactive ketones (excluding diaryl/α,β-unsaturated/α-hetero) is 1. The van der Waals surface area contributed by atoms with Crippen LogP contribution in [0.4, 0.5) is 0 Å². The van der Waals surface area contributed by atoms with Crippen molar-refractivity contribution in [1.82, 2.24) is 0 Å². The molecular formula is C15H27NO11S3. The lowest BCUT2D eigenvalue weighted by atomic mass is 10.3. The van der Waals surface area contributed by atoms with Crippen LogP contribution in [0.1, 0.15) is 6.42 Å². The van der Waals surface area contributed by atoms with Crippen LogP contribution < -0.4 is 5.73 Å². The van der Waals surface area contributed by atoms with Crippen LogP contribution in [0.2, 0.25) is 0 Å². The molecule has 0 aliphatic rings. The molecule has 0 radical (unpaired) electrons. The van der Waals surface area contributed by atoms with E-state index >= 15 is 0 Å². The molecule has 0 aromatic rings. The molecule has 0 spiro atoms. The normalized spacial score (nSPS) is 7.87. The maximum atomic E-state index is 10.7. The predicted octanol–water partition coefficient (Wildman–Crippen LogP) is -1.41. The number of carboxylic acids is 2. The topological polar surface area (TPSA) is 204 Å². The first-order valence-electron chi connectivity index (χ1n) is 7.59. The lowest BCUT2D eigenvalue weighted by Crippen LogP contribution is -2.12. The Labute approximate surface area is 190 Å². The molecule has 0 fully saturated rings. The molecular weight excluding hydrogens is 466 g/mol. The summed E-state index contributed by atoms with van der Waals surface area (Å²) < 4.78 is 9.89. The Balaban J connectivity index is -0.0000000968. The van der Waals surface area contributed by atoms with Gasteiger partial charge in [-0.3, -0.25) is 33.6 Å². The first kappa shape index (κ1) is 38.8. The summed E-state index contributed by atoms with van der Waals surface area (Å²) in [6.07, 6.45) is 1.20. The smallest absolute Gasteiger partial charge is 0.313 e. The molecule has 30 heavy (non-hydrogen) atoms. The molecule has 0 bridgehead atoms. The van der Waals surface area contributed by atoms with Crippen molar-refractivity contribution >= 4 is 80.8 Å². The van der Waals surface area contributed by atoms with Gasteiger partial charge in [0, 0.05) is 12.2 Å². The molecule has 0 aromatic heterocycles. The van der Waals surface area contributed by atoms with E-state index in [1.54, 1.807) is 0 Å². The van der Waals surface area contributed by atoms with Gasteiger partial charge >= 0.3 is 11.9 Å². The van der Waals surface area contributed by atoms with Gasteiger partial charge in [0.25, 0.3) is 0 Å². The summed E-state index contributed by atoms with van der Waals surface area (Å²) >= 11 is 10.7. The third kappa shape index (κ3) is 82.5. The van der Waals surface area contributed by atoms with Gasteiger partial charge in [-0.2, -0.15) is 37.9 Å². The summed E-state index contributed by atoms with van der Waals surface area (Å²) in [5.74, 6) is -1.55. The quantitative estimate of drug-likeness (QED) is 0.0610. The fourth-order valence-electron chi connectivity index (χ4n) is 0.568. The van der Waals surface area contributed by atoms with E-state index < -0.39 is 11.9 Å². The van der Waals surface area contributed by atoms with Crippen molar-refractivity contribution in [3.8, 4) is 0 Å². The van der Waals surface area contributed by atoms with Crippen LogP contribution >= 0.6 is 37.9 Å². The van der Waals surface area contributed by atoms with Gasteiger partial charge in [0.05, 0.1) is 38.1 Å². The number of rotatable bonds is 12. The van der Waals surface area contributed by atoms with Gasteiger partial charge < -0.3 is 25.4 Å². The number of thiol groups is 3. The largest absolute Gasteiger partial charge is 0.481 e. The number of carboxylic acid groups (broad SMARTS) is 2. The molecule has 4 N–H and O–H groups in total. The molecule has 0 atom stereocenters. The zero-order valence-electron chi connectivity index (χ0n) is 16.0. The summed E-state index contributed by atoms with van der Waals surface area (Å²) in [5, 5.41) is 15.3. The van der Waals surface area contributed by atoms with Gasteiger partial charge in [-0.1, -0.05) is 0 Å². The Morgan fingerprint density at radius 3 is 1.27 bits per heavy atom. The average Bonchev–Trinajstić information content (AvgIpc) is 2.76. The highest BCUT2D eigenvalue weighted by Gasteiger charge is 1.97. The molecule has 0 amide bonds. The van der Waals surface area contributed by atoms with Gasteiger partial charge in [-0.05, 0) is 0 Å². The number of carbonyl (C=O) groups excluding carboxylic acids is 5. The molecule has 0 saturated carbocycles. The highest BCUT2D eigenvalue weighted by atomic mass is 32.1. The average molecular weight is 494 g/mol. The molecule has 0 aromatic carbocycles. The fourth-order valence-corrected chi connectivity index (χ4v) is 0.726. The minimum Gasteiger partial charge on any atom is -0.481 e. The summed E-state index contributed by atoms with van der Waals surface area (Å²) in [6.45, 7) is 1.61. The standard InChI is InChI=1S/C7H15NO3S.2C2H4O2S.2C2H2O2/c8-6-11-4-3-10-2-1-7(9)5-12;2*3-2(4)1-5;2*3-1-2-4/h12H,1-6,8H2;2*5H,1H2,(H,3,4);2*1-2H. The van der Waals surface area contributed by atoms with Gasteiger partial charge in [0.1, 0.15) is 5.78 Å². The summed E-state index contributed by atoms with van der Waals surface area (Å²) in [5.41, 5.74) is 5.07. The second kappa shape index (κ2) is 41.6. The molecule has 0 unspecified atom stereocenters. The number of ether oxygens (including phenoxy) is 2. The van der Waals surface area contributed by atoms with Crippen LogP contribution in [0.5, 0.6) is 0 Å². The van der Waals surface area contributed by atoms with Crippen LogP contribution in [0.15, 0.2) is 0 Å². The van der Waals surface area contributed by atoms with Gasteiger partial charge in [0.15, 0.2) is 25.1 Å². The summed E-state index contributed by atoms with van der Waals surface area (Å²) in [6, 6.07) is 0. The number of aldehydes is 4. The Morgan fingerprint density at radius 2 is 1.03 bits per heavy atom. The minimum atomic E-state index is -0.881. The third-order valence-electron chi connectivity index (χ3n) is 1.57. The van der Waals surface area contributed by atoms with Crippen molar-refractivity contribution in [2.24, 2.45) is 5.73 Å². The first-order valence-corrected chi connectivity index (χ1v) is 9.49. The first-order chi connectivity index (χ1) is 14.2. The maximum Gasteiger partial charge on any atom is 0.313 e. The maximum absolute atomic E-state index is 10.7. The van der Waals surface area contributed by atoms with E-state index in [1.165, 1.54) is 0 Å². The lowest BCUT2D eigenvalue weighted by Gasteiger charge is -2.02. The zero-order chi connectivity index (χ0) is 24.6. The van der Waals surface area contributed by atoms with Crippen LogP contribution in [-0.4, -0.2) is 96.9 Å². The van der Waals surface area contributed by atoms with Crippen LogP contribution in [0, 0.1) is 0 Å². The van der Waals surface area contributed by atoms with E-state index in [1.807, 2.05) is 0 Å². The molecule has 0 heterocycles. The second-order valence-electron chi connectivity index (χ2n) is 3.78. The third-order valence-corrected chi connectivity index (χ3v) is 2.47. The molecule has 0 aliphatic carbocycles. The van der Waals surface area contributed by atoms with Crippen molar-refractivity contribution < 1.29 is 53.2 Å². The van der Waals surface area contributed by atoms with Crippen LogP contribution in [0.3, 0.4) is 0 Å². The van der Waals surface area contributed by atoms with Gasteiger partial charge in [-0.25, -0.2) is 0 Å². The number of ketones is 1. The fraction of sp³-hybridized carbons (Fsp3) is 0.533. The molecule has 15 heteroatoms. The van der Waals surface area contributed by atoms with Gasteiger partial charge in [-0.15, -0.1) is 0 Å². The molecule has 0 saturated heterocycles. The number of hydrogen-bond donors (Lipinski definition) is 6. The number of hydrogen-bond acceptors (Lipinski definition) is 13. The monoisotopic (exact) mass is 493 g/mol. The molecule has 0 rings (SSSR count). The van der Waals surface area contributed by atoms with E-state index in [0.29, 0.717) is 26.2 Å². The summed E-state index contributed by atoms with van der Waals surface area (Å²) in [4.78, 5) is 64.5. The number of carbonyl (C=O) groups is 7. The SMILES string of the molecule is NCOCCOCCC(=O)CS.O=C(O)CS.O=C(O)CS.O=CC=O.O=CC=O. The number of aliphatic carboxylic acids is 2. The molecule has 0 aliphatic heterocycles. The minimum absolute atomic E-state index is 0.0833. The second-order valence-corrected chi connectivity index (χ2v) is 4.73. The lowest BCUT2D eigenvalue weighted by molar-refractivity contribution is -0.134. The summed E-state index contributed by atoms with van der Waals surface area (Å²) in [7, 11) is 0. The van der Waals surface area contributed by atoms with Crippen molar-refractivity contribution in [3.05, 3.63) is 0 Å². The Morgan fingerprint density at radius 1 is 0.700 bits per heavy atom. The molecule has 12 nitrogen and oxygen atoms in total. The Kier molecular flexibility index (Phi) is 53.7. The van der Waals surface area contributed by atoms with Crippen molar-refractivity contribution in [1.29, 1.82) is 0 Å². The Hall–Kier alpha value is -1.78. The van der Waals surface area contributed by atoms with E-state index in [2.05, 4.69) is 37.9 Å². The van der Waals surface area contributed by atoms with Crippen molar-refractivity contribution in [3.63, 3.8) is 0 Å². The van der Waals surface area contributed by atoms with Crippen LogP contribution in [-0.2, 0) is 43.0 Å².